The van der Waals surface area contributed by atoms with Crippen molar-refractivity contribution in [2.45, 2.75) is 30.6 Å². The van der Waals surface area contributed by atoms with Gasteiger partial charge in [-0.25, -0.2) is 8.42 Å². The van der Waals surface area contributed by atoms with E-state index in [1.165, 1.54) is 22.1 Å². The molecule has 0 aliphatic carbocycles. The van der Waals surface area contributed by atoms with E-state index in [2.05, 4.69) is 5.32 Å². The predicted molar refractivity (Wildman–Crippen MR) is 107 cm³/mol. The Morgan fingerprint density at radius 3 is 2.38 bits per heavy atom. The lowest BCUT2D eigenvalue weighted by molar-refractivity contribution is 0.102. The summed E-state index contributed by atoms with van der Waals surface area (Å²) in [5.41, 5.74) is 1.68. The number of hydrogen-bond acceptors (Lipinski definition) is 4. The summed E-state index contributed by atoms with van der Waals surface area (Å²) >= 11 is 1.49. The van der Waals surface area contributed by atoms with E-state index < -0.39 is 10.0 Å². The summed E-state index contributed by atoms with van der Waals surface area (Å²) in [4.78, 5) is 13.7. The summed E-state index contributed by atoms with van der Waals surface area (Å²) in [6.45, 7) is 6.17. The van der Waals surface area contributed by atoms with Crippen LogP contribution in [0.2, 0.25) is 0 Å². The zero-order valence-corrected chi connectivity index (χ0v) is 17.1. The number of aryl methyl sites for hydroxylation is 1. The van der Waals surface area contributed by atoms with E-state index >= 15 is 0 Å². The smallest absolute Gasteiger partial charge is 0.256 e. The van der Waals surface area contributed by atoms with E-state index in [0.717, 1.165) is 4.90 Å². The van der Waals surface area contributed by atoms with Crippen LogP contribution in [0, 0.1) is 6.92 Å². The largest absolute Gasteiger partial charge is 0.322 e. The van der Waals surface area contributed by atoms with Crippen molar-refractivity contribution >= 4 is 33.4 Å². The van der Waals surface area contributed by atoms with Crippen molar-refractivity contribution in [1.82, 2.24) is 4.31 Å². The average molecular weight is 393 g/mol. The number of hydrogen-bond donors (Lipinski definition) is 1. The molecule has 0 heterocycles. The van der Waals surface area contributed by atoms with Gasteiger partial charge in [-0.3, -0.25) is 4.79 Å². The first-order chi connectivity index (χ1) is 12.3. The van der Waals surface area contributed by atoms with Gasteiger partial charge in [0.25, 0.3) is 5.91 Å². The van der Waals surface area contributed by atoms with E-state index in [0.29, 0.717) is 29.9 Å². The van der Waals surface area contributed by atoms with Gasteiger partial charge in [-0.2, -0.15) is 4.31 Å². The molecule has 26 heavy (non-hydrogen) atoms. The van der Waals surface area contributed by atoms with Gasteiger partial charge in [-0.1, -0.05) is 32.0 Å². The van der Waals surface area contributed by atoms with Gasteiger partial charge in [0.1, 0.15) is 0 Å². The second-order valence-electron chi connectivity index (χ2n) is 5.72. The molecular weight excluding hydrogens is 368 g/mol. The molecule has 0 aromatic heterocycles. The van der Waals surface area contributed by atoms with Gasteiger partial charge in [-0.05, 0) is 43.0 Å². The first-order valence-corrected chi connectivity index (χ1v) is 11.1. The van der Waals surface area contributed by atoms with Gasteiger partial charge in [0.05, 0.1) is 10.5 Å². The predicted octanol–water partition coefficient (Wildman–Crippen LogP) is 4.00. The fourth-order valence-corrected chi connectivity index (χ4v) is 4.99. The molecule has 140 valence electrons. The molecule has 0 saturated heterocycles. The highest BCUT2D eigenvalue weighted by molar-refractivity contribution is 7.98. The van der Waals surface area contributed by atoms with Crippen LogP contribution in [0.5, 0.6) is 0 Å². The van der Waals surface area contributed by atoms with Crippen LogP contribution in [-0.2, 0) is 10.0 Å². The summed E-state index contributed by atoms with van der Waals surface area (Å²) in [6.07, 6.45) is 1.91. The molecule has 0 aliphatic heterocycles. The van der Waals surface area contributed by atoms with Crippen molar-refractivity contribution in [2.75, 3.05) is 24.7 Å². The molecule has 0 fully saturated rings. The molecule has 2 rings (SSSR count). The summed E-state index contributed by atoms with van der Waals surface area (Å²) in [7, 11) is -3.59. The molecule has 0 bridgehead atoms. The number of thioether (sulfide) groups is 1. The van der Waals surface area contributed by atoms with Gasteiger partial charge in [0, 0.05) is 23.7 Å². The number of rotatable bonds is 7. The molecule has 7 heteroatoms. The quantitative estimate of drug-likeness (QED) is 0.723. The van der Waals surface area contributed by atoms with Crippen molar-refractivity contribution in [3.8, 4) is 0 Å². The first-order valence-electron chi connectivity index (χ1n) is 8.40. The number of anilines is 1. The fraction of sp³-hybridized carbons (Fsp3) is 0.316. The molecular formula is C19H24N2O3S2. The molecule has 0 aliphatic rings. The Balaban J connectivity index is 2.37. The summed E-state index contributed by atoms with van der Waals surface area (Å²) < 4.78 is 27.1. The van der Waals surface area contributed by atoms with Crippen LogP contribution in [0.1, 0.15) is 29.8 Å². The number of carbonyl (C=O) groups is 1. The van der Waals surface area contributed by atoms with E-state index in [9.17, 15) is 13.2 Å². The van der Waals surface area contributed by atoms with Crippen molar-refractivity contribution in [3.05, 3.63) is 53.6 Å². The van der Waals surface area contributed by atoms with Crippen LogP contribution >= 0.6 is 11.8 Å². The van der Waals surface area contributed by atoms with E-state index in [4.69, 9.17) is 0 Å². The molecule has 2 aromatic carbocycles. The molecule has 0 unspecified atom stereocenters. The highest BCUT2D eigenvalue weighted by atomic mass is 32.2. The van der Waals surface area contributed by atoms with Crippen LogP contribution in [-0.4, -0.2) is 38.0 Å². The minimum absolute atomic E-state index is 0.220. The zero-order valence-electron chi connectivity index (χ0n) is 15.4. The van der Waals surface area contributed by atoms with Gasteiger partial charge < -0.3 is 5.32 Å². The monoisotopic (exact) mass is 392 g/mol. The maximum absolute atomic E-state index is 12.8. The van der Waals surface area contributed by atoms with Gasteiger partial charge in [0.2, 0.25) is 10.0 Å². The van der Waals surface area contributed by atoms with Crippen molar-refractivity contribution in [1.29, 1.82) is 0 Å². The van der Waals surface area contributed by atoms with Crippen LogP contribution in [0.25, 0.3) is 0 Å². The van der Waals surface area contributed by atoms with Crippen molar-refractivity contribution in [2.24, 2.45) is 0 Å². The molecule has 0 spiro atoms. The van der Waals surface area contributed by atoms with Crippen molar-refractivity contribution < 1.29 is 13.2 Å². The summed E-state index contributed by atoms with van der Waals surface area (Å²) in [5, 5.41) is 2.81. The minimum atomic E-state index is -3.59. The number of benzene rings is 2. The number of nitrogens with one attached hydrogen (secondary N) is 1. The molecule has 0 atom stereocenters. The number of nitrogens with zero attached hydrogens (tertiary/aromatic N) is 1. The average Bonchev–Trinajstić information content (AvgIpc) is 2.63. The molecule has 1 amide bonds. The SMILES string of the molecule is CCN(CC)S(=O)(=O)c1cc(NC(=O)c2ccccc2SC)ccc1C. The number of sulfonamides is 1. The van der Waals surface area contributed by atoms with E-state index in [1.807, 2.05) is 18.4 Å². The molecule has 0 radical (unpaired) electrons. The Morgan fingerprint density at radius 2 is 1.77 bits per heavy atom. The molecule has 2 aromatic rings. The highest BCUT2D eigenvalue weighted by Crippen LogP contribution is 2.25. The van der Waals surface area contributed by atoms with E-state index in [-0.39, 0.29) is 10.8 Å². The third kappa shape index (κ3) is 4.28. The first kappa shape index (κ1) is 20.5. The number of carbonyl (C=O) groups excluding carboxylic acids is 1. The van der Waals surface area contributed by atoms with Crippen LogP contribution in [0.3, 0.4) is 0 Å². The standard InChI is InChI=1S/C19H24N2O3S2/c1-5-21(6-2)26(23,24)18-13-15(12-11-14(18)3)20-19(22)16-9-7-8-10-17(16)25-4/h7-13H,5-6H2,1-4H3,(H,20,22). The lowest BCUT2D eigenvalue weighted by Crippen LogP contribution is -2.31. The van der Waals surface area contributed by atoms with Crippen molar-refractivity contribution in [3.63, 3.8) is 0 Å². The van der Waals surface area contributed by atoms with Crippen LogP contribution < -0.4 is 5.32 Å². The fourth-order valence-electron chi connectivity index (χ4n) is 2.69. The van der Waals surface area contributed by atoms with Crippen LogP contribution in [0.4, 0.5) is 5.69 Å². The van der Waals surface area contributed by atoms with Gasteiger partial charge in [0.15, 0.2) is 0 Å². The number of amides is 1. The second-order valence-corrected chi connectivity index (χ2v) is 8.48. The Hall–Kier alpha value is -1.83. The van der Waals surface area contributed by atoms with Gasteiger partial charge >= 0.3 is 0 Å². The third-order valence-electron chi connectivity index (χ3n) is 4.12. The minimum Gasteiger partial charge on any atom is -0.322 e. The Morgan fingerprint density at radius 1 is 1.12 bits per heavy atom. The molecule has 0 saturated carbocycles. The van der Waals surface area contributed by atoms with Gasteiger partial charge in [-0.15, -0.1) is 11.8 Å². The maximum Gasteiger partial charge on any atom is 0.256 e. The maximum atomic E-state index is 12.8. The lowest BCUT2D eigenvalue weighted by Gasteiger charge is -2.20. The lowest BCUT2D eigenvalue weighted by atomic mass is 10.2. The topological polar surface area (TPSA) is 66.5 Å². The Bertz CT molecular complexity index is 891. The Kier molecular flexibility index (Phi) is 6.86. The third-order valence-corrected chi connectivity index (χ3v) is 7.11. The Labute approximate surface area is 159 Å². The molecule has 1 N–H and O–H groups in total. The normalized spacial score (nSPS) is 11.6. The second kappa shape index (κ2) is 8.70. The highest BCUT2D eigenvalue weighted by Gasteiger charge is 2.24. The summed E-state index contributed by atoms with van der Waals surface area (Å²) in [5.74, 6) is -0.259. The molecule has 5 nitrogen and oxygen atoms in total. The zero-order chi connectivity index (χ0) is 19.3. The van der Waals surface area contributed by atoms with E-state index in [1.54, 1.807) is 45.0 Å². The van der Waals surface area contributed by atoms with Crippen LogP contribution in [0.15, 0.2) is 52.3 Å². The summed E-state index contributed by atoms with van der Waals surface area (Å²) in [6, 6.07) is 12.3.